The summed E-state index contributed by atoms with van der Waals surface area (Å²) in [5.41, 5.74) is 4.75. The van der Waals surface area contributed by atoms with Crippen LogP contribution in [0.3, 0.4) is 0 Å². The predicted molar refractivity (Wildman–Crippen MR) is 110 cm³/mol. The summed E-state index contributed by atoms with van der Waals surface area (Å²) < 4.78 is 0.991. The Bertz CT molecular complexity index is 1080. The van der Waals surface area contributed by atoms with Crippen LogP contribution in [0.2, 0.25) is 0 Å². The first kappa shape index (κ1) is 16.2. The fourth-order valence-corrected chi connectivity index (χ4v) is 3.63. The van der Waals surface area contributed by atoms with E-state index in [0.717, 1.165) is 30.9 Å². The van der Waals surface area contributed by atoms with Gasteiger partial charge in [0.05, 0.1) is 11.0 Å². The normalized spacial score (nSPS) is 11.6. The molecule has 0 saturated heterocycles. The number of hydrogen-bond donors (Lipinski definition) is 0. The minimum Gasteiger partial charge on any atom is -0.378 e. The molecule has 0 radical (unpaired) electrons. The lowest BCUT2D eigenvalue weighted by atomic mass is 10.2. The Labute approximate surface area is 158 Å². The van der Waals surface area contributed by atoms with Crippen molar-refractivity contribution in [2.45, 2.75) is 0 Å². The third kappa shape index (κ3) is 3.41. The van der Waals surface area contributed by atoms with Crippen molar-refractivity contribution in [2.75, 3.05) is 19.0 Å². The van der Waals surface area contributed by atoms with E-state index in [2.05, 4.69) is 66.1 Å². The molecule has 0 aliphatic heterocycles. The molecule has 2 heterocycles. The number of nitrogens with zero attached hydrogens (tertiary/aromatic N) is 4. The summed E-state index contributed by atoms with van der Waals surface area (Å²) in [6.07, 6.45) is 4.08. The van der Waals surface area contributed by atoms with E-state index in [1.165, 1.54) is 5.69 Å². The minimum atomic E-state index is 0.693. The van der Waals surface area contributed by atoms with Crippen molar-refractivity contribution in [3.05, 3.63) is 57.5 Å². The second kappa shape index (κ2) is 6.54. The van der Waals surface area contributed by atoms with Crippen molar-refractivity contribution in [1.82, 2.24) is 15.0 Å². The zero-order chi connectivity index (χ0) is 17.4. The summed E-state index contributed by atoms with van der Waals surface area (Å²) in [6, 6.07) is 14.3. The second-order valence-electron chi connectivity index (χ2n) is 5.86. The van der Waals surface area contributed by atoms with Gasteiger partial charge < -0.3 is 4.90 Å². The number of halogens is 1. The van der Waals surface area contributed by atoms with Gasteiger partial charge in [-0.1, -0.05) is 45.5 Å². The quantitative estimate of drug-likeness (QED) is 0.463. The molecule has 25 heavy (non-hydrogen) atoms. The number of fused-ring (bicyclic) bond motifs is 2. The molecule has 0 unspecified atom stereocenters. The average molecular weight is 411 g/mol. The fourth-order valence-electron chi connectivity index (χ4n) is 2.49. The molecule has 4 rings (SSSR count). The zero-order valence-corrected chi connectivity index (χ0v) is 16.2. The summed E-state index contributed by atoms with van der Waals surface area (Å²) in [4.78, 5) is 16.8. The van der Waals surface area contributed by atoms with Crippen LogP contribution in [0.25, 0.3) is 33.7 Å². The van der Waals surface area contributed by atoms with Gasteiger partial charge in [-0.25, -0.2) is 15.0 Å². The Kier molecular flexibility index (Phi) is 4.23. The van der Waals surface area contributed by atoms with Crippen molar-refractivity contribution in [2.24, 2.45) is 0 Å². The van der Waals surface area contributed by atoms with Crippen LogP contribution in [0.5, 0.6) is 0 Å². The van der Waals surface area contributed by atoms with Crippen molar-refractivity contribution in [3.63, 3.8) is 0 Å². The molecule has 0 aliphatic rings. The molecule has 124 valence electrons. The molecule has 4 nitrogen and oxygen atoms in total. The summed E-state index contributed by atoms with van der Waals surface area (Å²) in [7, 11) is 4.07. The van der Waals surface area contributed by atoms with Gasteiger partial charge >= 0.3 is 0 Å². The average Bonchev–Trinajstić information content (AvgIpc) is 3.00. The highest BCUT2D eigenvalue weighted by atomic mass is 79.9. The molecule has 0 fully saturated rings. The summed E-state index contributed by atoms with van der Waals surface area (Å²) in [5, 5.41) is 0.904. The molecular formula is C19H15BrN4S. The largest absolute Gasteiger partial charge is 0.378 e. The highest BCUT2D eigenvalue weighted by Crippen LogP contribution is 2.25. The third-order valence-corrected chi connectivity index (χ3v) is 5.22. The van der Waals surface area contributed by atoms with Gasteiger partial charge in [-0.2, -0.15) is 0 Å². The number of thiazole rings is 1. The summed E-state index contributed by atoms with van der Waals surface area (Å²) >= 11 is 5.02. The molecule has 0 spiro atoms. The predicted octanol–water partition coefficient (Wildman–Crippen LogP) is 5.24. The van der Waals surface area contributed by atoms with E-state index >= 15 is 0 Å². The van der Waals surface area contributed by atoms with Crippen molar-refractivity contribution >= 4 is 66.6 Å². The van der Waals surface area contributed by atoms with Crippen LogP contribution in [0.1, 0.15) is 10.6 Å². The smallest absolute Gasteiger partial charge is 0.190 e. The SMILES string of the molecule is CN(C)c1ccc(/C=C/c2nc3nc4cc(Br)ccc4nc3s2)cc1. The highest BCUT2D eigenvalue weighted by molar-refractivity contribution is 9.10. The molecule has 0 saturated carbocycles. The van der Waals surface area contributed by atoms with E-state index in [0.29, 0.717) is 5.65 Å². The molecule has 6 heteroatoms. The number of anilines is 1. The number of aromatic nitrogens is 3. The monoisotopic (exact) mass is 410 g/mol. The van der Waals surface area contributed by atoms with Gasteiger partial charge in [-0.05, 0) is 42.0 Å². The Hall–Kier alpha value is -2.31. The van der Waals surface area contributed by atoms with Crippen molar-refractivity contribution in [1.29, 1.82) is 0 Å². The van der Waals surface area contributed by atoms with E-state index in [1.807, 2.05) is 38.4 Å². The second-order valence-corrected chi connectivity index (χ2v) is 7.78. The van der Waals surface area contributed by atoms with E-state index < -0.39 is 0 Å². The third-order valence-electron chi connectivity index (χ3n) is 3.82. The minimum absolute atomic E-state index is 0.693. The number of hydrogen-bond acceptors (Lipinski definition) is 5. The first-order valence-electron chi connectivity index (χ1n) is 7.78. The lowest BCUT2D eigenvalue weighted by Gasteiger charge is -2.11. The van der Waals surface area contributed by atoms with Crippen LogP contribution in [-0.2, 0) is 0 Å². The molecule has 2 aromatic carbocycles. The van der Waals surface area contributed by atoms with Gasteiger partial charge in [0, 0.05) is 24.3 Å². The first-order chi connectivity index (χ1) is 12.1. The van der Waals surface area contributed by atoms with Crippen molar-refractivity contribution < 1.29 is 0 Å². The van der Waals surface area contributed by atoms with E-state index in [4.69, 9.17) is 0 Å². The first-order valence-corrected chi connectivity index (χ1v) is 9.39. The number of benzene rings is 2. The molecule has 0 atom stereocenters. The Balaban J connectivity index is 1.65. The molecular weight excluding hydrogens is 396 g/mol. The maximum Gasteiger partial charge on any atom is 0.190 e. The molecule has 0 bridgehead atoms. The topological polar surface area (TPSA) is 41.9 Å². The fraction of sp³-hybridized carbons (Fsp3) is 0.105. The maximum atomic E-state index is 4.66. The summed E-state index contributed by atoms with van der Waals surface area (Å²) in [5.74, 6) is 0. The van der Waals surface area contributed by atoms with Crippen LogP contribution in [-0.4, -0.2) is 29.0 Å². The molecule has 2 aromatic heterocycles. The van der Waals surface area contributed by atoms with Crippen LogP contribution in [0.4, 0.5) is 5.69 Å². The number of rotatable bonds is 3. The molecule has 4 aromatic rings. The highest BCUT2D eigenvalue weighted by Gasteiger charge is 2.07. The lowest BCUT2D eigenvalue weighted by Crippen LogP contribution is -2.07. The molecule has 0 aliphatic carbocycles. The van der Waals surface area contributed by atoms with E-state index in [1.54, 1.807) is 11.3 Å². The maximum absolute atomic E-state index is 4.66. The van der Waals surface area contributed by atoms with Crippen LogP contribution in [0, 0.1) is 0 Å². The van der Waals surface area contributed by atoms with Crippen LogP contribution < -0.4 is 4.90 Å². The van der Waals surface area contributed by atoms with Gasteiger partial charge in [0.15, 0.2) is 10.5 Å². The summed E-state index contributed by atoms with van der Waals surface area (Å²) in [6.45, 7) is 0. The van der Waals surface area contributed by atoms with Gasteiger partial charge in [0.25, 0.3) is 0 Å². The van der Waals surface area contributed by atoms with Gasteiger partial charge in [-0.3, -0.25) is 0 Å². The van der Waals surface area contributed by atoms with Crippen LogP contribution >= 0.6 is 27.3 Å². The Morgan fingerprint density at radius 2 is 1.72 bits per heavy atom. The van der Waals surface area contributed by atoms with E-state index in [9.17, 15) is 0 Å². The zero-order valence-electron chi connectivity index (χ0n) is 13.8. The van der Waals surface area contributed by atoms with E-state index in [-0.39, 0.29) is 0 Å². The van der Waals surface area contributed by atoms with Gasteiger partial charge in [-0.15, -0.1) is 0 Å². The standard InChI is InChI=1S/C19H15BrN4S/c1-24(2)14-7-3-12(4-8-14)5-10-17-23-18-19(25-17)22-15-9-6-13(20)11-16(15)21-18/h3-11H,1-2H3/b10-5+. The molecule has 0 amide bonds. The Morgan fingerprint density at radius 1 is 0.920 bits per heavy atom. The van der Waals surface area contributed by atoms with Gasteiger partial charge in [0.2, 0.25) is 0 Å². The Morgan fingerprint density at radius 3 is 2.48 bits per heavy atom. The van der Waals surface area contributed by atoms with Gasteiger partial charge in [0.1, 0.15) is 5.01 Å². The lowest BCUT2D eigenvalue weighted by molar-refractivity contribution is 1.13. The molecule has 0 N–H and O–H groups in total. The van der Waals surface area contributed by atoms with Crippen molar-refractivity contribution in [3.8, 4) is 0 Å². The van der Waals surface area contributed by atoms with Crippen LogP contribution in [0.15, 0.2) is 46.9 Å².